The lowest BCUT2D eigenvalue weighted by Crippen LogP contribution is -2.59. The number of Topliss-reactive ketones (excluding diaryl/α,β-unsaturated/α-hetero) is 1. The summed E-state index contributed by atoms with van der Waals surface area (Å²) in [6, 6.07) is 3.72. The fourth-order valence-corrected chi connectivity index (χ4v) is 8.14. The lowest BCUT2D eigenvalue weighted by molar-refractivity contribution is -0.262. The molecule has 0 saturated carbocycles. The number of fused-ring (bicyclic) bond motifs is 6. The maximum atomic E-state index is 13.9. The summed E-state index contributed by atoms with van der Waals surface area (Å²) in [5, 5.41) is 44.8. The van der Waals surface area contributed by atoms with Crippen LogP contribution in [0.3, 0.4) is 0 Å². The predicted molar refractivity (Wildman–Crippen MR) is 163 cm³/mol. The van der Waals surface area contributed by atoms with Gasteiger partial charge in [-0.2, -0.15) is 0 Å². The number of aliphatic hydroxyl groups excluding tert-OH is 1. The molecule has 49 heavy (non-hydrogen) atoms. The second-order valence-corrected chi connectivity index (χ2v) is 13.0. The van der Waals surface area contributed by atoms with Crippen LogP contribution in [-0.2, 0) is 39.7 Å². The van der Waals surface area contributed by atoms with Crippen molar-refractivity contribution in [3.8, 4) is 17.2 Å². The first-order valence-corrected chi connectivity index (χ1v) is 16.0. The summed E-state index contributed by atoms with van der Waals surface area (Å²) < 4.78 is 35.6. The minimum absolute atomic E-state index is 0.0558. The third-order valence-electron chi connectivity index (χ3n) is 10.4. The van der Waals surface area contributed by atoms with E-state index in [9.17, 15) is 39.6 Å². The maximum Gasteiger partial charge on any atom is 0.202 e. The molecule has 2 aliphatic carbocycles. The van der Waals surface area contributed by atoms with Crippen LogP contribution in [-0.4, -0.2) is 125 Å². The van der Waals surface area contributed by atoms with E-state index in [2.05, 4.69) is 0 Å². The van der Waals surface area contributed by atoms with Crippen molar-refractivity contribution >= 4 is 23.6 Å². The number of morpholine rings is 1. The molecule has 15 heteroatoms. The number of rotatable bonds is 8. The highest BCUT2D eigenvalue weighted by Gasteiger charge is 2.57. The summed E-state index contributed by atoms with van der Waals surface area (Å²) in [5.41, 5.74) is -3.66. The monoisotopic (exact) mass is 683 g/mol. The van der Waals surface area contributed by atoms with Gasteiger partial charge in [0.2, 0.25) is 5.78 Å². The Kier molecular flexibility index (Phi) is 8.60. The number of methoxy groups -OCH3 is 2. The molecule has 9 atom stereocenters. The van der Waals surface area contributed by atoms with Gasteiger partial charge >= 0.3 is 0 Å². The molecule has 262 valence electrons. The Morgan fingerprint density at radius 1 is 1.10 bits per heavy atom. The summed E-state index contributed by atoms with van der Waals surface area (Å²) in [5.74, 6) is -3.78. The van der Waals surface area contributed by atoms with Crippen LogP contribution in [0, 0.1) is 0 Å². The van der Waals surface area contributed by atoms with Crippen molar-refractivity contribution in [1.82, 2.24) is 4.90 Å². The normalized spacial score (nSPS) is 33.6. The standard InChI is InChI=1S/C34H37NO14/c1-14-31-18(35-15(7-8-36)13-46-33(45-3)32(35)49-31)9-22(47-14)48-20-11-34(43,21(38)12-37)10-17-24(20)30(42)26-25(28(17)40)27(39)16-5-4-6-19(44-2)23(16)29(26)41/h4-6,8,14-15,18,20,22,31-33,37,40,42-43H,7,9-13H2,1-3H3/t14-,15?,18-,20-,22-,31+,32+,33-,34-/m0/s1. The average Bonchev–Trinajstić information content (AvgIpc) is 3.48. The van der Waals surface area contributed by atoms with E-state index in [1.54, 1.807) is 6.92 Å². The molecule has 2 aromatic carbocycles. The molecule has 3 saturated heterocycles. The zero-order chi connectivity index (χ0) is 34.9. The molecular formula is C34H37NO14. The quantitative estimate of drug-likeness (QED) is 0.190. The SMILES string of the molecule is COc1cccc2c1C(=O)c1c(O)c3c(c(O)c1C2=O)C[C@@](O)(C(=O)CO)C[C@@H]3O[C@H]1C[C@H]2[C@H](O[C@@H]3[C@@H](OC)OCC(CC=O)N32)[C@H](C)O1. The summed E-state index contributed by atoms with van der Waals surface area (Å²) in [4.78, 5) is 54.2. The third kappa shape index (κ3) is 5.10. The van der Waals surface area contributed by atoms with E-state index in [0.717, 1.165) is 6.29 Å². The summed E-state index contributed by atoms with van der Waals surface area (Å²) in [7, 11) is 2.82. The van der Waals surface area contributed by atoms with Crippen LogP contribution in [0.1, 0.15) is 75.3 Å². The molecule has 0 aromatic heterocycles. The minimum Gasteiger partial charge on any atom is -0.507 e. The lowest BCUT2D eigenvalue weighted by atomic mass is 9.72. The van der Waals surface area contributed by atoms with Crippen LogP contribution in [0.15, 0.2) is 18.2 Å². The van der Waals surface area contributed by atoms with Crippen molar-refractivity contribution in [3.63, 3.8) is 0 Å². The number of benzene rings is 2. The number of hydrogen-bond acceptors (Lipinski definition) is 15. The number of phenols is 2. The fraction of sp³-hybridized carbons (Fsp3) is 0.529. The van der Waals surface area contributed by atoms with Gasteiger partial charge in [-0.3, -0.25) is 19.3 Å². The summed E-state index contributed by atoms with van der Waals surface area (Å²) in [6.07, 6.45) is -4.71. The van der Waals surface area contributed by atoms with Crippen molar-refractivity contribution in [2.45, 2.75) is 87.4 Å². The highest BCUT2D eigenvalue weighted by Crippen LogP contribution is 2.53. The zero-order valence-corrected chi connectivity index (χ0v) is 27.0. The van der Waals surface area contributed by atoms with Crippen molar-refractivity contribution in [1.29, 1.82) is 0 Å². The number of nitrogens with zero attached hydrogens (tertiary/aromatic N) is 1. The number of carbonyl (C=O) groups excluding carboxylic acids is 4. The molecule has 2 aromatic rings. The Bertz CT molecular complexity index is 1730. The summed E-state index contributed by atoms with van der Waals surface area (Å²) in [6.45, 7) is 0.959. The molecule has 15 nitrogen and oxygen atoms in total. The number of aliphatic hydroxyl groups is 2. The van der Waals surface area contributed by atoms with Crippen LogP contribution in [0.2, 0.25) is 0 Å². The van der Waals surface area contributed by atoms with Crippen molar-refractivity contribution in [3.05, 3.63) is 51.6 Å². The van der Waals surface area contributed by atoms with E-state index in [0.29, 0.717) is 0 Å². The first-order chi connectivity index (χ1) is 23.5. The molecular weight excluding hydrogens is 646 g/mol. The van der Waals surface area contributed by atoms with Gasteiger partial charge < -0.3 is 53.6 Å². The van der Waals surface area contributed by atoms with Gasteiger partial charge in [0.05, 0.1) is 42.6 Å². The number of hydrogen-bond donors (Lipinski definition) is 4. The maximum absolute atomic E-state index is 13.9. The van der Waals surface area contributed by atoms with Gasteiger partial charge in [-0.15, -0.1) is 0 Å². The van der Waals surface area contributed by atoms with E-state index in [1.807, 2.05) is 4.90 Å². The number of aldehydes is 1. The molecule has 0 amide bonds. The summed E-state index contributed by atoms with van der Waals surface area (Å²) >= 11 is 0. The first kappa shape index (κ1) is 33.7. The van der Waals surface area contributed by atoms with Crippen molar-refractivity contribution < 1.29 is 68.0 Å². The third-order valence-corrected chi connectivity index (χ3v) is 10.4. The van der Waals surface area contributed by atoms with E-state index < -0.39 is 102 Å². The minimum atomic E-state index is -2.28. The van der Waals surface area contributed by atoms with Crippen LogP contribution < -0.4 is 4.74 Å². The zero-order valence-electron chi connectivity index (χ0n) is 27.0. The highest BCUT2D eigenvalue weighted by atomic mass is 16.7. The van der Waals surface area contributed by atoms with Crippen LogP contribution in [0.25, 0.3) is 0 Å². The number of ether oxygens (including phenoxy) is 6. The van der Waals surface area contributed by atoms with Gasteiger partial charge in [-0.25, -0.2) is 0 Å². The van der Waals surface area contributed by atoms with E-state index >= 15 is 0 Å². The highest BCUT2D eigenvalue weighted by molar-refractivity contribution is 6.31. The van der Waals surface area contributed by atoms with Crippen LogP contribution in [0.5, 0.6) is 17.2 Å². The number of phenolic OH excluding ortho intramolecular Hbond substituents is 2. The first-order valence-electron chi connectivity index (χ1n) is 16.0. The molecule has 3 fully saturated rings. The smallest absolute Gasteiger partial charge is 0.202 e. The van der Waals surface area contributed by atoms with Gasteiger partial charge in [0.15, 0.2) is 30.4 Å². The number of aromatic hydroxyl groups is 2. The Labute approximate surface area is 280 Å². The largest absolute Gasteiger partial charge is 0.507 e. The van der Waals surface area contributed by atoms with Gasteiger partial charge in [0.1, 0.15) is 41.8 Å². The van der Waals surface area contributed by atoms with Crippen LogP contribution >= 0.6 is 0 Å². The van der Waals surface area contributed by atoms with Gasteiger partial charge in [-0.05, 0) is 13.0 Å². The Hall–Kier alpha value is -3.80. The molecule has 0 bridgehead atoms. The lowest BCUT2D eigenvalue weighted by Gasteiger charge is -2.45. The number of carbonyl (C=O) groups is 4. The molecule has 0 spiro atoms. The predicted octanol–water partition coefficient (Wildman–Crippen LogP) is 0.669. The molecule has 7 rings (SSSR count). The van der Waals surface area contributed by atoms with E-state index in [1.165, 1.54) is 32.4 Å². The molecule has 4 N–H and O–H groups in total. The number of ketones is 3. The second kappa shape index (κ2) is 12.5. The Balaban J connectivity index is 1.29. The van der Waals surface area contributed by atoms with Crippen molar-refractivity contribution in [2.24, 2.45) is 0 Å². The van der Waals surface area contributed by atoms with Gasteiger partial charge in [-0.1, -0.05) is 12.1 Å². The van der Waals surface area contributed by atoms with Gasteiger partial charge in [0.25, 0.3) is 0 Å². The molecule has 1 unspecified atom stereocenters. The van der Waals surface area contributed by atoms with Gasteiger partial charge in [0, 0.05) is 61.6 Å². The molecule has 3 aliphatic heterocycles. The Morgan fingerprint density at radius 3 is 2.55 bits per heavy atom. The Morgan fingerprint density at radius 2 is 1.86 bits per heavy atom. The van der Waals surface area contributed by atoms with Crippen molar-refractivity contribution in [2.75, 3.05) is 27.4 Å². The molecule has 3 heterocycles. The van der Waals surface area contributed by atoms with Crippen LogP contribution in [0.4, 0.5) is 0 Å². The molecule has 5 aliphatic rings. The van der Waals surface area contributed by atoms with E-state index in [-0.39, 0.29) is 59.5 Å². The molecule has 0 radical (unpaired) electrons. The second-order valence-electron chi connectivity index (χ2n) is 13.0. The average molecular weight is 684 g/mol. The fourth-order valence-electron chi connectivity index (χ4n) is 8.14. The topological polar surface area (TPSA) is 208 Å². The van der Waals surface area contributed by atoms with E-state index in [4.69, 9.17) is 28.4 Å².